The highest BCUT2D eigenvalue weighted by Crippen LogP contribution is 2.38. The highest BCUT2D eigenvalue weighted by Gasteiger charge is 2.56. The molecule has 2 fully saturated rings. The smallest absolute Gasteiger partial charge is 0.407 e. The second-order valence-corrected chi connectivity index (χ2v) is 9.18. The number of hydrogen-bond donors (Lipinski definition) is 2. The number of carbonyl (C=O) groups excluding carboxylic acids is 3. The van der Waals surface area contributed by atoms with Gasteiger partial charge in [0.15, 0.2) is 0 Å². The third-order valence-electron chi connectivity index (χ3n) is 5.39. The summed E-state index contributed by atoms with van der Waals surface area (Å²) in [6.45, 7) is 5.82. The molecule has 8 heteroatoms. The molecule has 1 aromatic rings. The Bertz CT molecular complexity index is 807. The van der Waals surface area contributed by atoms with Gasteiger partial charge >= 0.3 is 12.1 Å². The minimum absolute atomic E-state index is 0.166. The van der Waals surface area contributed by atoms with Crippen molar-refractivity contribution in [1.29, 1.82) is 0 Å². The number of alkyl carbamates (subject to hydrolysis) is 1. The Kier molecular flexibility index (Phi) is 6.08. The Morgan fingerprint density at radius 1 is 1.34 bits per heavy atom. The Morgan fingerprint density at radius 2 is 2.10 bits per heavy atom. The maximum absolute atomic E-state index is 13.3. The number of halogens is 1. The largest absolute Gasteiger partial charge is 0.444 e. The molecule has 1 aromatic carbocycles. The summed E-state index contributed by atoms with van der Waals surface area (Å²) in [6.07, 6.45) is 2.57. The fourth-order valence-electron chi connectivity index (χ4n) is 4.09. The summed E-state index contributed by atoms with van der Waals surface area (Å²) in [5.41, 5.74) is -0.792. The van der Waals surface area contributed by atoms with E-state index in [0.717, 1.165) is 24.8 Å². The molecule has 4 amide bonds. The lowest BCUT2D eigenvalue weighted by molar-refractivity contribution is -0.134. The fraction of sp³-hybridized carbons (Fsp3) is 0.571. The number of hydrogen-bond acceptors (Lipinski definition) is 4. The molecule has 7 nitrogen and oxygen atoms in total. The lowest BCUT2D eigenvalue weighted by Gasteiger charge is -2.39. The van der Waals surface area contributed by atoms with Crippen LogP contribution in [0.4, 0.5) is 9.59 Å². The lowest BCUT2D eigenvalue weighted by atomic mass is 9.72. The molecule has 1 aliphatic heterocycles. The summed E-state index contributed by atoms with van der Waals surface area (Å²) in [4.78, 5) is 39.3. The van der Waals surface area contributed by atoms with Crippen molar-refractivity contribution in [2.75, 3.05) is 6.54 Å². The molecule has 2 aliphatic rings. The fourth-order valence-corrected chi connectivity index (χ4v) is 4.31. The first-order chi connectivity index (χ1) is 13.6. The van der Waals surface area contributed by atoms with Crippen LogP contribution in [0, 0.1) is 5.92 Å². The Labute approximate surface area is 176 Å². The van der Waals surface area contributed by atoms with Gasteiger partial charge in [-0.3, -0.25) is 9.69 Å². The molecule has 1 spiro atoms. The third kappa shape index (κ3) is 4.83. The zero-order valence-corrected chi connectivity index (χ0v) is 17.8. The number of amides is 4. The molecule has 0 aromatic heterocycles. The van der Waals surface area contributed by atoms with Crippen molar-refractivity contribution in [3.63, 3.8) is 0 Å². The van der Waals surface area contributed by atoms with E-state index in [0.29, 0.717) is 11.4 Å². The molecular formula is C21H28ClN3O4. The minimum atomic E-state index is -0.983. The van der Waals surface area contributed by atoms with E-state index in [-0.39, 0.29) is 24.9 Å². The Morgan fingerprint density at radius 3 is 2.79 bits per heavy atom. The lowest BCUT2D eigenvalue weighted by Crippen LogP contribution is -2.57. The van der Waals surface area contributed by atoms with Crippen LogP contribution in [0.2, 0.25) is 5.02 Å². The van der Waals surface area contributed by atoms with E-state index < -0.39 is 23.3 Å². The van der Waals surface area contributed by atoms with Gasteiger partial charge in [0.05, 0.1) is 6.54 Å². The van der Waals surface area contributed by atoms with E-state index in [1.54, 1.807) is 39.0 Å². The molecular weight excluding hydrogens is 394 g/mol. The van der Waals surface area contributed by atoms with E-state index in [4.69, 9.17) is 16.3 Å². The molecule has 1 saturated carbocycles. The first-order valence-electron chi connectivity index (χ1n) is 9.96. The molecule has 1 aliphatic carbocycles. The zero-order valence-electron chi connectivity index (χ0n) is 17.1. The third-order valence-corrected chi connectivity index (χ3v) is 5.63. The summed E-state index contributed by atoms with van der Waals surface area (Å²) in [5.74, 6) is -0.428. The van der Waals surface area contributed by atoms with Gasteiger partial charge in [0.1, 0.15) is 11.1 Å². The van der Waals surface area contributed by atoms with Gasteiger partial charge < -0.3 is 15.4 Å². The van der Waals surface area contributed by atoms with Crippen molar-refractivity contribution in [3.8, 4) is 0 Å². The van der Waals surface area contributed by atoms with E-state index >= 15 is 0 Å². The maximum Gasteiger partial charge on any atom is 0.407 e. The number of carbonyl (C=O) groups is 3. The number of rotatable bonds is 4. The van der Waals surface area contributed by atoms with Crippen LogP contribution < -0.4 is 10.6 Å². The number of benzene rings is 1. The van der Waals surface area contributed by atoms with Crippen molar-refractivity contribution < 1.29 is 19.1 Å². The molecule has 158 valence electrons. The number of nitrogens with one attached hydrogen (secondary N) is 2. The van der Waals surface area contributed by atoms with Crippen LogP contribution in [0.5, 0.6) is 0 Å². The van der Waals surface area contributed by atoms with E-state index in [1.807, 2.05) is 6.07 Å². The molecule has 0 radical (unpaired) electrons. The molecule has 0 unspecified atom stereocenters. The second-order valence-electron chi connectivity index (χ2n) is 8.75. The molecule has 0 bridgehead atoms. The number of imide groups is 1. The topological polar surface area (TPSA) is 87.7 Å². The van der Waals surface area contributed by atoms with E-state index in [2.05, 4.69) is 10.6 Å². The normalized spacial score (nSPS) is 24.6. The first-order valence-corrected chi connectivity index (χ1v) is 10.3. The maximum atomic E-state index is 13.3. The van der Waals surface area contributed by atoms with Crippen molar-refractivity contribution in [3.05, 3.63) is 34.9 Å². The Balaban J connectivity index is 1.73. The summed E-state index contributed by atoms with van der Waals surface area (Å²) in [5, 5.41) is 6.26. The molecule has 3 rings (SSSR count). The first kappa shape index (κ1) is 21.4. The summed E-state index contributed by atoms with van der Waals surface area (Å²) >= 11 is 6.03. The molecule has 1 heterocycles. The Hall–Kier alpha value is -2.28. The second kappa shape index (κ2) is 8.22. The van der Waals surface area contributed by atoms with Crippen LogP contribution in [0.25, 0.3) is 0 Å². The zero-order chi connectivity index (χ0) is 21.2. The standard InChI is InChI=1S/C21H28ClN3O4/c1-20(2,3)29-19(28)23-12-15-8-4-5-10-21(15)17(26)25(18(27)24-21)13-14-7-6-9-16(22)11-14/h6-7,9,11,15H,4-5,8,10,12-13H2,1-3H3,(H,23,28)(H,24,27)/t15-,21-/m1/s1. The van der Waals surface area contributed by atoms with Crippen LogP contribution >= 0.6 is 11.6 Å². The molecule has 2 N–H and O–H groups in total. The molecule has 2 atom stereocenters. The number of ether oxygens (including phenoxy) is 1. The average Bonchev–Trinajstić information content (AvgIpc) is 2.84. The van der Waals surface area contributed by atoms with Crippen molar-refractivity contribution in [2.45, 2.75) is 64.1 Å². The summed E-state index contributed by atoms with van der Waals surface area (Å²) < 4.78 is 5.29. The van der Waals surface area contributed by atoms with Gasteiger partial charge in [-0.15, -0.1) is 0 Å². The number of nitrogens with zero attached hydrogens (tertiary/aromatic N) is 1. The average molecular weight is 422 g/mol. The van der Waals surface area contributed by atoms with Crippen LogP contribution in [0.1, 0.15) is 52.0 Å². The van der Waals surface area contributed by atoms with Crippen molar-refractivity contribution >= 4 is 29.6 Å². The number of urea groups is 1. The van der Waals surface area contributed by atoms with E-state index in [1.165, 1.54) is 4.90 Å². The van der Waals surface area contributed by atoms with Crippen molar-refractivity contribution in [1.82, 2.24) is 15.5 Å². The van der Waals surface area contributed by atoms with Gasteiger partial charge in [-0.05, 0) is 51.3 Å². The highest BCUT2D eigenvalue weighted by atomic mass is 35.5. The summed E-state index contributed by atoms with van der Waals surface area (Å²) in [7, 11) is 0. The van der Waals surface area contributed by atoms with Gasteiger partial charge in [0.25, 0.3) is 5.91 Å². The van der Waals surface area contributed by atoms with Gasteiger partial charge in [0.2, 0.25) is 0 Å². The van der Waals surface area contributed by atoms with Crippen LogP contribution in [-0.4, -0.2) is 40.6 Å². The van der Waals surface area contributed by atoms with Gasteiger partial charge in [0, 0.05) is 17.5 Å². The van der Waals surface area contributed by atoms with Crippen LogP contribution in [0.15, 0.2) is 24.3 Å². The SMILES string of the molecule is CC(C)(C)OC(=O)NC[C@H]1CCCC[C@@]12NC(=O)N(Cc1cccc(Cl)c1)C2=O. The van der Waals surface area contributed by atoms with Gasteiger partial charge in [-0.25, -0.2) is 9.59 Å². The summed E-state index contributed by atoms with van der Waals surface area (Å²) in [6, 6.07) is 6.71. The highest BCUT2D eigenvalue weighted by molar-refractivity contribution is 6.30. The van der Waals surface area contributed by atoms with Crippen LogP contribution in [-0.2, 0) is 16.1 Å². The van der Waals surface area contributed by atoms with Gasteiger partial charge in [-0.2, -0.15) is 0 Å². The predicted molar refractivity (Wildman–Crippen MR) is 109 cm³/mol. The predicted octanol–water partition coefficient (Wildman–Crippen LogP) is 3.85. The van der Waals surface area contributed by atoms with E-state index in [9.17, 15) is 14.4 Å². The van der Waals surface area contributed by atoms with Crippen LogP contribution in [0.3, 0.4) is 0 Å². The monoisotopic (exact) mass is 421 g/mol. The molecule has 29 heavy (non-hydrogen) atoms. The molecule has 1 saturated heterocycles. The minimum Gasteiger partial charge on any atom is -0.444 e. The quantitative estimate of drug-likeness (QED) is 0.723. The van der Waals surface area contributed by atoms with Crippen molar-refractivity contribution in [2.24, 2.45) is 5.92 Å². The van der Waals surface area contributed by atoms with Gasteiger partial charge in [-0.1, -0.05) is 36.6 Å².